The summed E-state index contributed by atoms with van der Waals surface area (Å²) >= 11 is 0. The van der Waals surface area contributed by atoms with Gasteiger partial charge in [-0.25, -0.2) is 14.4 Å². The molecule has 4 saturated carbocycles. The summed E-state index contributed by atoms with van der Waals surface area (Å²) in [6.45, 7) is 10.9. The number of carbonyl (C=O) groups is 8. The molecule has 6 rings (SSSR count). The van der Waals surface area contributed by atoms with E-state index in [4.69, 9.17) is 18.9 Å². The molecular weight excluding hydrogens is 732 g/mol. The van der Waals surface area contributed by atoms with E-state index in [2.05, 4.69) is 26.0 Å². The Morgan fingerprint density at radius 1 is 0.625 bits per heavy atom. The zero-order chi connectivity index (χ0) is 41.3. The van der Waals surface area contributed by atoms with Crippen LogP contribution in [0.2, 0.25) is 0 Å². The molecule has 4 amide bonds. The van der Waals surface area contributed by atoms with Gasteiger partial charge in [0.2, 0.25) is 23.6 Å². The lowest BCUT2D eigenvalue weighted by Gasteiger charge is -2.51. The first-order valence-corrected chi connectivity index (χ1v) is 19.5. The van der Waals surface area contributed by atoms with Crippen molar-refractivity contribution in [3.8, 4) is 0 Å². The quantitative estimate of drug-likeness (QED) is 0.153. The normalized spacial score (nSPS) is 36.1. The van der Waals surface area contributed by atoms with E-state index in [0.29, 0.717) is 25.7 Å². The number of ether oxygens (including phenoxy) is 5. The summed E-state index contributed by atoms with van der Waals surface area (Å²) in [6, 6.07) is -0.881. The molecule has 2 heterocycles. The third-order valence-corrected chi connectivity index (χ3v) is 12.9. The van der Waals surface area contributed by atoms with Gasteiger partial charge in [-0.1, -0.05) is 0 Å². The number of nitrogens with one attached hydrogen (secondary N) is 4. The van der Waals surface area contributed by atoms with Gasteiger partial charge in [-0.15, -0.1) is 0 Å². The van der Waals surface area contributed by atoms with E-state index < -0.39 is 125 Å². The van der Waals surface area contributed by atoms with E-state index in [1.165, 1.54) is 14.2 Å². The molecule has 6 bridgehead atoms. The molecule has 6 aliphatic rings. The highest BCUT2D eigenvalue weighted by molar-refractivity contribution is 5.93. The maximum absolute atomic E-state index is 14.9. The van der Waals surface area contributed by atoms with Crippen molar-refractivity contribution in [2.75, 3.05) is 33.9 Å². The Hall–Kier alpha value is -4.28. The molecule has 13 atom stereocenters. The van der Waals surface area contributed by atoms with Crippen LogP contribution in [0, 0.1) is 59.2 Å². The topological polar surface area (TPSA) is 231 Å². The molecule has 56 heavy (non-hydrogen) atoms. The Bertz CT molecular complexity index is 1690. The van der Waals surface area contributed by atoms with Gasteiger partial charge in [-0.05, 0) is 97.8 Å². The van der Waals surface area contributed by atoms with Gasteiger partial charge < -0.3 is 45.0 Å². The highest BCUT2D eigenvalue weighted by atomic mass is 16.6. The summed E-state index contributed by atoms with van der Waals surface area (Å²) in [6.07, 6.45) is 1.88. The number of amides is 4. The van der Waals surface area contributed by atoms with Gasteiger partial charge in [0, 0.05) is 35.5 Å². The molecular formula is C39H56N4O13. The molecule has 0 radical (unpaired) electrons. The molecule has 0 aromatic heterocycles. The smallest absolute Gasteiger partial charge is 0.339 e. The van der Waals surface area contributed by atoms with Crippen molar-refractivity contribution in [3.05, 3.63) is 0 Å². The monoisotopic (exact) mass is 788 g/mol. The fourth-order valence-corrected chi connectivity index (χ4v) is 11.5. The Balaban J connectivity index is 1.29. The van der Waals surface area contributed by atoms with E-state index in [1.54, 1.807) is 48.5 Å². The standard InChI is InChI=1S/C39H56N4O13/c1-17(33(49)53-9)43-32(48)23-13-19-11-21(23)30-28(19)38(34(50)54-36(2,3)4)29-20-10-18(27(29)39(30,56-38)35(51)55-37(5,6)7)12-22(20)31(47)42-15-25(45)40-14-24(44)41-16-26(46)52-8/h17-23,27-30H,10-16H2,1-9H3,(H,40,45)(H,41,44)(H,42,47)(H,43,48)/t17-,18-,19-,20+,21+,22-,23-,27-,28-,29+,30+,38-,39-/m0/s1. The third-order valence-electron chi connectivity index (χ3n) is 12.9. The summed E-state index contributed by atoms with van der Waals surface area (Å²) in [7, 11) is 2.43. The van der Waals surface area contributed by atoms with Gasteiger partial charge in [0.05, 0.1) is 27.3 Å². The lowest BCUT2D eigenvalue weighted by atomic mass is 9.48. The van der Waals surface area contributed by atoms with Crippen LogP contribution < -0.4 is 21.3 Å². The van der Waals surface area contributed by atoms with E-state index in [9.17, 15) is 38.4 Å². The minimum atomic E-state index is -1.60. The molecule has 17 nitrogen and oxygen atoms in total. The van der Waals surface area contributed by atoms with Gasteiger partial charge in [0.1, 0.15) is 23.8 Å². The van der Waals surface area contributed by atoms with Crippen LogP contribution in [0.5, 0.6) is 0 Å². The summed E-state index contributed by atoms with van der Waals surface area (Å²) in [5.74, 6) is -8.85. The molecule has 4 aliphatic carbocycles. The number of hydrogen-bond acceptors (Lipinski definition) is 13. The lowest BCUT2D eigenvalue weighted by Crippen LogP contribution is -2.64. The highest BCUT2D eigenvalue weighted by Crippen LogP contribution is 2.81. The van der Waals surface area contributed by atoms with E-state index in [1.807, 2.05) is 0 Å². The van der Waals surface area contributed by atoms with E-state index >= 15 is 0 Å². The summed E-state index contributed by atoms with van der Waals surface area (Å²) in [5, 5.41) is 10.2. The first-order valence-electron chi connectivity index (χ1n) is 19.5. The van der Waals surface area contributed by atoms with Crippen LogP contribution in [-0.4, -0.2) is 110 Å². The van der Waals surface area contributed by atoms with E-state index in [0.717, 1.165) is 0 Å². The van der Waals surface area contributed by atoms with Crippen molar-refractivity contribution < 1.29 is 62.0 Å². The maximum Gasteiger partial charge on any atom is 0.339 e. The first-order chi connectivity index (χ1) is 26.1. The zero-order valence-corrected chi connectivity index (χ0v) is 33.6. The number of fused-ring (bicyclic) bond motifs is 16. The predicted octanol–water partition coefficient (Wildman–Crippen LogP) is 0.167. The first kappa shape index (κ1) is 41.4. The van der Waals surface area contributed by atoms with E-state index in [-0.39, 0.29) is 30.2 Å². The number of hydrogen-bond donors (Lipinski definition) is 4. The van der Waals surface area contributed by atoms with Gasteiger partial charge in [-0.3, -0.25) is 24.0 Å². The second-order valence-corrected chi connectivity index (χ2v) is 18.4. The minimum Gasteiger partial charge on any atom is -0.468 e. The summed E-state index contributed by atoms with van der Waals surface area (Å²) in [4.78, 5) is 106. The Labute approximate surface area is 326 Å². The Morgan fingerprint density at radius 3 is 1.52 bits per heavy atom. The molecule has 4 N–H and O–H groups in total. The van der Waals surface area contributed by atoms with Crippen LogP contribution >= 0.6 is 0 Å². The van der Waals surface area contributed by atoms with Gasteiger partial charge >= 0.3 is 23.9 Å². The highest BCUT2D eigenvalue weighted by Gasteiger charge is 2.90. The third kappa shape index (κ3) is 6.91. The average Bonchev–Trinajstić information content (AvgIpc) is 3.96. The molecule has 0 unspecified atom stereocenters. The van der Waals surface area contributed by atoms with Crippen LogP contribution in [0.3, 0.4) is 0 Å². The minimum absolute atomic E-state index is 0.202. The van der Waals surface area contributed by atoms with Crippen molar-refractivity contribution in [3.63, 3.8) is 0 Å². The fourth-order valence-electron chi connectivity index (χ4n) is 11.5. The molecule has 0 aromatic rings. The number of carbonyl (C=O) groups excluding carboxylic acids is 8. The molecule has 2 aliphatic heterocycles. The second-order valence-electron chi connectivity index (χ2n) is 18.4. The van der Waals surface area contributed by atoms with Crippen molar-refractivity contribution in [1.29, 1.82) is 0 Å². The van der Waals surface area contributed by atoms with Crippen molar-refractivity contribution >= 4 is 47.5 Å². The molecule has 310 valence electrons. The van der Waals surface area contributed by atoms with Crippen LogP contribution in [-0.2, 0) is 62.0 Å². The Morgan fingerprint density at radius 2 is 1.07 bits per heavy atom. The largest absolute Gasteiger partial charge is 0.468 e. The summed E-state index contributed by atoms with van der Waals surface area (Å²) < 4.78 is 28.8. The summed E-state index contributed by atoms with van der Waals surface area (Å²) in [5.41, 5.74) is -5.02. The van der Waals surface area contributed by atoms with Crippen LogP contribution in [0.1, 0.15) is 74.1 Å². The molecule has 6 fully saturated rings. The van der Waals surface area contributed by atoms with Gasteiger partial charge in [-0.2, -0.15) is 0 Å². The van der Waals surface area contributed by atoms with Crippen molar-refractivity contribution in [1.82, 2.24) is 21.3 Å². The molecule has 2 saturated heterocycles. The maximum atomic E-state index is 14.9. The Kier molecular flexibility index (Phi) is 10.8. The number of methoxy groups -OCH3 is 2. The number of esters is 4. The second kappa shape index (κ2) is 14.6. The fraction of sp³-hybridized carbons (Fsp3) is 0.795. The van der Waals surface area contributed by atoms with Crippen LogP contribution in [0.25, 0.3) is 0 Å². The lowest BCUT2D eigenvalue weighted by molar-refractivity contribution is -0.202. The number of rotatable bonds is 12. The zero-order valence-electron chi connectivity index (χ0n) is 33.6. The molecule has 17 heteroatoms. The predicted molar refractivity (Wildman–Crippen MR) is 192 cm³/mol. The SMILES string of the molecule is COC(=O)CNC(=O)CNC(=O)CNC(=O)[C@H]1C[C@@H]2C[C@H]1[C@@H]1[C@H]2[C@]2(C(=O)OC(C)(C)C)O[C@@]1(C(=O)OC(C)(C)C)[C@H]1[C@H]3C[C@@H]([C@H]12)[C@@H](C(=O)N[C@@H](C)C(=O)OC)C3. The van der Waals surface area contributed by atoms with Crippen molar-refractivity contribution in [2.24, 2.45) is 59.2 Å². The van der Waals surface area contributed by atoms with Crippen LogP contribution in [0.15, 0.2) is 0 Å². The molecule has 0 aromatic carbocycles. The molecule has 0 spiro atoms. The van der Waals surface area contributed by atoms with Gasteiger partial charge in [0.15, 0.2) is 11.2 Å². The van der Waals surface area contributed by atoms with Gasteiger partial charge in [0.25, 0.3) is 0 Å². The van der Waals surface area contributed by atoms with Crippen LogP contribution in [0.4, 0.5) is 0 Å². The average molecular weight is 789 g/mol. The van der Waals surface area contributed by atoms with Crippen molar-refractivity contribution in [2.45, 2.75) is 103 Å².